The average Bonchev–Trinajstić information content (AvgIpc) is 3.02. The smallest absolute Gasteiger partial charge is 0.407 e. The van der Waals surface area contributed by atoms with Gasteiger partial charge < -0.3 is 10.0 Å². The molecule has 2 heterocycles. The zero-order chi connectivity index (χ0) is 19.7. The fourth-order valence-electron chi connectivity index (χ4n) is 3.80. The van der Waals surface area contributed by atoms with Crippen molar-refractivity contribution in [3.63, 3.8) is 0 Å². The molecule has 0 aliphatic carbocycles. The maximum absolute atomic E-state index is 12.6. The largest absolute Gasteiger partial charge is 0.465 e. The molecule has 0 saturated carbocycles. The van der Waals surface area contributed by atoms with E-state index in [9.17, 15) is 14.9 Å². The first-order chi connectivity index (χ1) is 13.6. The standard InChI is InChI=1S/C21H19N3O3S/c22-12-16-3-1-2-4-17(16)15-5-6-18-19(11-15)28-21(27)24(18)13-14-7-9-23(10-8-14)20(25)26/h1-6,11,14H,7-10,13H2,(H,25,26). The van der Waals surface area contributed by atoms with Gasteiger partial charge in [0.05, 0.1) is 21.8 Å². The number of piperidine rings is 1. The number of nitriles is 1. The maximum atomic E-state index is 12.6. The summed E-state index contributed by atoms with van der Waals surface area (Å²) in [4.78, 5) is 25.1. The van der Waals surface area contributed by atoms with Crippen LogP contribution in [0.1, 0.15) is 18.4 Å². The van der Waals surface area contributed by atoms with Gasteiger partial charge in [0.25, 0.3) is 0 Å². The predicted molar refractivity (Wildman–Crippen MR) is 109 cm³/mol. The second-order valence-corrected chi connectivity index (χ2v) is 8.02. The highest BCUT2D eigenvalue weighted by Crippen LogP contribution is 2.29. The molecule has 0 spiro atoms. The molecule has 4 rings (SSSR count). The summed E-state index contributed by atoms with van der Waals surface area (Å²) < 4.78 is 2.71. The lowest BCUT2D eigenvalue weighted by Gasteiger charge is -2.30. The van der Waals surface area contributed by atoms with Crippen molar-refractivity contribution in [3.8, 4) is 17.2 Å². The van der Waals surface area contributed by atoms with Crippen molar-refractivity contribution >= 4 is 27.6 Å². The van der Waals surface area contributed by atoms with E-state index < -0.39 is 6.09 Å². The fraction of sp³-hybridized carbons (Fsp3) is 0.286. The summed E-state index contributed by atoms with van der Waals surface area (Å²) in [6.07, 6.45) is 0.662. The Bertz CT molecular complexity index is 1130. The van der Waals surface area contributed by atoms with Gasteiger partial charge in [0.1, 0.15) is 0 Å². The van der Waals surface area contributed by atoms with E-state index in [1.165, 1.54) is 16.2 Å². The molecule has 0 atom stereocenters. The highest BCUT2D eigenvalue weighted by molar-refractivity contribution is 7.16. The average molecular weight is 393 g/mol. The number of amides is 1. The Morgan fingerprint density at radius 1 is 1.21 bits per heavy atom. The van der Waals surface area contributed by atoms with Crippen molar-refractivity contribution in [1.29, 1.82) is 5.26 Å². The van der Waals surface area contributed by atoms with Crippen LogP contribution in [0.15, 0.2) is 47.3 Å². The zero-order valence-electron chi connectivity index (χ0n) is 15.2. The van der Waals surface area contributed by atoms with Crippen molar-refractivity contribution in [2.75, 3.05) is 13.1 Å². The van der Waals surface area contributed by atoms with Crippen molar-refractivity contribution in [2.45, 2.75) is 19.4 Å². The monoisotopic (exact) mass is 393 g/mol. The Balaban J connectivity index is 1.61. The number of carbonyl (C=O) groups is 1. The molecule has 142 valence electrons. The molecule has 0 radical (unpaired) electrons. The van der Waals surface area contributed by atoms with E-state index in [1.807, 2.05) is 36.4 Å². The number of carboxylic acid groups (broad SMARTS) is 1. The lowest BCUT2D eigenvalue weighted by atomic mass is 9.97. The normalized spacial score (nSPS) is 14.9. The first-order valence-corrected chi connectivity index (χ1v) is 9.99. The maximum Gasteiger partial charge on any atom is 0.407 e. The van der Waals surface area contributed by atoms with Crippen LogP contribution in [0, 0.1) is 17.2 Å². The lowest BCUT2D eigenvalue weighted by molar-refractivity contribution is 0.122. The van der Waals surface area contributed by atoms with Gasteiger partial charge in [0.2, 0.25) is 0 Å². The third kappa shape index (κ3) is 3.39. The summed E-state index contributed by atoms with van der Waals surface area (Å²) >= 11 is 1.22. The van der Waals surface area contributed by atoms with Crippen LogP contribution < -0.4 is 4.87 Å². The molecule has 1 aliphatic heterocycles. The van der Waals surface area contributed by atoms with Crippen LogP contribution in [0.5, 0.6) is 0 Å². The second kappa shape index (κ2) is 7.49. The van der Waals surface area contributed by atoms with E-state index in [-0.39, 0.29) is 4.87 Å². The van der Waals surface area contributed by atoms with Crippen molar-refractivity contribution in [1.82, 2.24) is 9.47 Å². The number of nitrogens with zero attached hydrogens (tertiary/aromatic N) is 3. The van der Waals surface area contributed by atoms with Crippen LogP contribution in [0.3, 0.4) is 0 Å². The van der Waals surface area contributed by atoms with Gasteiger partial charge in [-0.25, -0.2) is 4.79 Å². The molecule has 6 nitrogen and oxygen atoms in total. The van der Waals surface area contributed by atoms with Gasteiger partial charge in [0.15, 0.2) is 0 Å². The minimum atomic E-state index is -0.873. The third-order valence-electron chi connectivity index (χ3n) is 5.35. The number of hydrogen-bond donors (Lipinski definition) is 1. The summed E-state index contributed by atoms with van der Waals surface area (Å²) in [5, 5.41) is 18.4. The number of hydrogen-bond acceptors (Lipinski definition) is 4. The van der Waals surface area contributed by atoms with E-state index in [1.54, 1.807) is 10.6 Å². The van der Waals surface area contributed by atoms with Gasteiger partial charge in [-0.05, 0) is 48.1 Å². The van der Waals surface area contributed by atoms with Gasteiger partial charge in [0, 0.05) is 19.6 Å². The van der Waals surface area contributed by atoms with E-state index in [0.717, 1.165) is 34.2 Å². The molecular formula is C21H19N3O3S. The molecule has 2 aromatic carbocycles. The lowest BCUT2D eigenvalue weighted by Crippen LogP contribution is -2.38. The summed E-state index contributed by atoms with van der Waals surface area (Å²) in [6.45, 7) is 1.65. The Kier molecular flexibility index (Phi) is 4.88. The topological polar surface area (TPSA) is 86.3 Å². The Labute approximate surface area is 165 Å². The number of thiazole rings is 1. The number of benzene rings is 2. The van der Waals surface area contributed by atoms with Crippen LogP contribution in [0.4, 0.5) is 4.79 Å². The highest BCUT2D eigenvalue weighted by atomic mass is 32.1. The second-order valence-electron chi connectivity index (χ2n) is 7.03. The van der Waals surface area contributed by atoms with Gasteiger partial charge >= 0.3 is 11.0 Å². The predicted octanol–water partition coefficient (Wildman–Crippen LogP) is 3.99. The molecule has 1 fully saturated rings. The van der Waals surface area contributed by atoms with Crippen LogP contribution in [-0.2, 0) is 6.54 Å². The number of rotatable bonds is 3. The van der Waals surface area contributed by atoms with Crippen LogP contribution in [-0.4, -0.2) is 33.8 Å². The first-order valence-electron chi connectivity index (χ1n) is 9.17. The van der Waals surface area contributed by atoms with Crippen molar-refractivity contribution in [2.24, 2.45) is 5.92 Å². The Morgan fingerprint density at radius 3 is 2.68 bits per heavy atom. The first kappa shape index (κ1) is 18.3. The summed E-state index contributed by atoms with van der Waals surface area (Å²) in [5.41, 5.74) is 3.29. The molecule has 7 heteroatoms. The molecule has 1 aromatic heterocycles. The Hall–Kier alpha value is -3.11. The number of fused-ring (bicyclic) bond motifs is 1. The summed E-state index contributed by atoms with van der Waals surface area (Å²) in [5.74, 6) is 0.296. The van der Waals surface area contributed by atoms with Gasteiger partial charge in [-0.1, -0.05) is 35.6 Å². The molecule has 1 aliphatic rings. The van der Waals surface area contributed by atoms with E-state index in [0.29, 0.717) is 31.1 Å². The molecule has 1 saturated heterocycles. The molecule has 1 amide bonds. The van der Waals surface area contributed by atoms with Crippen LogP contribution in [0.2, 0.25) is 0 Å². The van der Waals surface area contributed by atoms with Crippen molar-refractivity contribution < 1.29 is 9.90 Å². The van der Waals surface area contributed by atoms with E-state index >= 15 is 0 Å². The van der Waals surface area contributed by atoms with Crippen LogP contribution in [0.25, 0.3) is 21.3 Å². The minimum Gasteiger partial charge on any atom is -0.465 e. The van der Waals surface area contributed by atoms with Gasteiger partial charge in [-0.2, -0.15) is 5.26 Å². The molecular weight excluding hydrogens is 374 g/mol. The summed E-state index contributed by atoms with van der Waals surface area (Å²) in [7, 11) is 0. The SMILES string of the molecule is N#Cc1ccccc1-c1ccc2c(c1)sc(=O)n2CC1CCN(C(=O)O)CC1. The number of aromatic nitrogens is 1. The van der Waals surface area contributed by atoms with Crippen molar-refractivity contribution in [3.05, 3.63) is 57.7 Å². The zero-order valence-corrected chi connectivity index (χ0v) is 16.0. The van der Waals surface area contributed by atoms with Gasteiger partial charge in [-0.15, -0.1) is 0 Å². The quantitative estimate of drug-likeness (QED) is 0.729. The summed E-state index contributed by atoms with van der Waals surface area (Å²) in [6, 6.07) is 15.5. The highest BCUT2D eigenvalue weighted by Gasteiger charge is 2.23. The fourth-order valence-corrected chi connectivity index (χ4v) is 4.74. The molecule has 28 heavy (non-hydrogen) atoms. The van der Waals surface area contributed by atoms with E-state index in [2.05, 4.69) is 6.07 Å². The van der Waals surface area contributed by atoms with E-state index in [4.69, 9.17) is 5.11 Å². The number of likely N-dealkylation sites (tertiary alicyclic amines) is 1. The molecule has 0 bridgehead atoms. The third-order valence-corrected chi connectivity index (χ3v) is 6.29. The molecule has 0 unspecified atom stereocenters. The van der Waals surface area contributed by atoms with Crippen LogP contribution >= 0.6 is 11.3 Å². The van der Waals surface area contributed by atoms with Gasteiger partial charge in [-0.3, -0.25) is 9.36 Å². The molecule has 1 N–H and O–H groups in total. The molecule has 3 aromatic rings. The Morgan fingerprint density at radius 2 is 1.96 bits per heavy atom. The minimum absolute atomic E-state index is 0.00128.